The van der Waals surface area contributed by atoms with Crippen LogP contribution in [0.5, 0.6) is 0 Å². The van der Waals surface area contributed by atoms with Gasteiger partial charge in [-0.2, -0.15) is 0 Å². The topological polar surface area (TPSA) is 68.8 Å². The Morgan fingerprint density at radius 2 is 1.95 bits per heavy atom. The predicted molar refractivity (Wildman–Crippen MR) is 75.2 cm³/mol. The number of anilines is 1. The molecule has 5 heteroatoms. The average molecular weight is 257 g/mol. The first-order valence-corrected chi connectivity index (χ1v) is 6.81. The van der Waals surface area contributed by atoms with E-state index in [1.165, 1.54) is 0 Å². The van der Waals surface area contributed by atoms with Crippen molar-refractivity contribution in [2.24, 2.45) is 5.73 Å². The summed E-state index contributed by atoms with van der Waals surface area (Å²) in [6.45, 7) is 0. The van der Waals surface area contributed by atoms with Gasteiger partial charge < -0.3 is 11.1 Å². The number of hydrogen-bond donors (Lipinski definition) is 2. The Bertz CT molecular complexity index is 514. The number of nitrogens with two attached hydrogens (primary N) is 1. The van der Waals surface area contributed by atoms with Crippen LogP contribution < -0.4 is 11.1 Å². The lowest BCUT2D eigenvalue weighted by Gasteiger charge is -2.28. The molecule has 5 nitrogen and oxygen atoms in total. The van der Waals surface area contributed by atoms with E-state index in [1.807, 2.05) is 24.4 Å². The predicted octanol–water partition coefficient (Wildman–Crippen LogP) is 1.95. The molecule has 1 saturated carbocycles. The Kier molecular flexibility index (Phi) is 3.46. The van der Waals surface area contributed by atoms with Gasteiger partial charge >= 0.3 is 0 Å². The largest absolute Gasteiger partial charge is 0.381 e. The van der Waals surface area contributed by atoms with Crippen molar-refractivity contribution < 1.29 is 0 Å². The summed E-state index contributed by atoms with van der Waals surface area (Å²) >= 11 is 0. The van der Waals surface area contributed by atoms with Crippen LogP contribution in [0.1, 0.15) is 25.7 Å². The first-order valence-electron chi connectivity index (χ1n) is 6.81. The SMILES string of the molecule is NC1CCC(Nc2ccccc2-n2ccnn2)CC1. The first-order chi connectivity index (χ1) is 9.33. The average Bonchev–Trinajstić information content (AvgIpc) is 2.96. The standard InChI is InChI=1S/C14H19N5/c15-11-5-7-12(8-6-11)17-13-3-1-2-4-14(13)19-10-9-16-18-19/h1-4,9-12,17H,5-8,15H2. The van der Waals surface area contributed by atoms with Crippen LogP contribution in [-0.2, 0) is 0 Å². The number of nitrogens with one attached hydrogen (secondary N) is 1. The summed E-state index contributed by atoms with van der Waals surface area (Å²) < 4.78 is 1.79. The summed E-state index contributed by atoms with van der Waals surface area (Å²) in [5.41, 5.74) is 8.09. The van der Waals surface area contributed by atoms with Crippen molar-refractivity contribution in [2.45, 2.75) is 37.8 Å². The number of benzene rings is 1. The van der Waals surface area contributed by atoms with Gasteiger partial charge in [-0.25, -0.2) is 4.68 Å². The molecule has 1 aromatic heterocycles. The summed E-state index contributed by atoms with van der Waals surface area (Å²) in [5, 5.41) is 11.5. The molecule has 0 bridgehead atoms. The van der Waals surface area contributed by atoms with E-state index in [1.54, 1.807) is 10.9 Å². The van der Waals surface area contributed by atoms with Gasteiger partial charge in [-0.15, -0.1) is 5.10 Å². The van der Waals surface area contributed by atoms with Crippen LogP contribution in [0.25, 0.3) is 5.69 Å². The van der Waals surface area contributed by atoms with E-state index in [-0.39, 0.29) is 0 Å². The molecule has 2 aromatic rings. The van der Waals surface area contributed by atoms with Gasteiger partial charge in [-0.05, 0) is 37.8 Å². The van der Waals surface area contributed by atoms with E-state index in [0.717, 1.165) is 37.1 Å². The molecule has 3 N–H and O–H groups in total. The van der Waals surface area contributed by atoms with Crippen molar-refractivity contribution in [3.05, 3.63) is 36.7 Å². The molecule has 100 valence electrons. The lowest BCUT2D eigenvalue weighted by atomic mass is 9.91. The van der Waals surface area contributed by atoms with Crippen LogP contribution in [0.2, 0.25) is 0 Å². The number of nitrogens with zero attached hydrogens (tertiary/aromatic N) is 3. The number of hydrogen-bond acceptors (Lipinski definition) is 4. The van der Waals surface area contributed by atoms with Gasteiger partial charge in [0.2, 0.25) is 0 Å². The molecule has 0 atom stereocenters. The van der Waals surface area contributed by atoms with Crippen LogP contribution in [-0.4, -0.2) is 27.1 Å². The van der Waals surface area contributed by atoms with Gasteiger partial charge in [0, 0.05) is 12.1 Å². The van der Waals surface area contributed by atoms with Gasteiger partial charge in [0.25, 0.3) is 0 Å². The Labute approximate surface area is 112 Å². The van der Waals surface area contributed by atoms with Gasteiger partial charge in [0.15, 0.2) is 0 Å². The third-order valence-corrected chi connectivity index (χ3v) is 3.70. The van der Waals surface area contributed by atoms with Gasteiger partial charge in [-0.1, -0.05) is 17.3 Å². The summed E-state index contributed by atoms with van der Waals surface area (Å²) in [4.78, 5) is 0. The highest BCUT2D eigenvalue weighted by Crippen LogP contribution is 2.25. The second-order valence-electron chi connectivity index (χ2n) is 5.12. The number of rotatable bonds is 3. The summed E-state index contributed by atoms with van der Waals surface area (Å²) in [6.07, 6.45) is 8.01. The number of para-hydroxylation sites is 2. The minimum absolute atomic E-state index is 0.378. The third-order valence-electron chi connectivity index (χ3n) is 3.70. The molecule has 0 saturated heterocycles. The number of aromatic nitrogens is 3. The van der Waals surface area contributed by atoms with Gasteiger partial charge in [-0.3, -0.25) is 0 Å². The molecular formula is C14H19N5. The highest BCUT2D eigenvalue weighted by Gasteiger charge is 2.19. The fourth-order valence-electron chi connectivity index (χ4n) is 2.62. The van der Waals surface area contributed by atoms with Crippen molar-refractivity contribution in [1.82, 2.24) is 15.0 Å². The highest BCUT2D eigenvalue weighted by atomic mass is 15.4. The van der Waals surface area contributed by atoms with E-state index in [4.69, 9.17) is 5.73 Å². The molecule has 1 fully saturated rings. The Balaban J connectivity index is 1.78. The van der Waals surface area contributed by atoms with Crippen molar-refractivity contribution >= 4 is 5.69 Å². The second kappa shape index (κ2) is 5.40. The fourth-order valence-corrected chi connectivity index (χ4v) is 2.62. The van der Waals surface area contributed by atoms with Crippen LogP contribution in [0.3, 0.4) is 0 Å². The van der Waals surface area contributed by atoms with Crippen molar-refractivity contribution in [3.8, 4) is 5.69 Å². The molecule has 19 heavy (non-hydrogen) atoms. The Morgan fingerprint density at radius 3 is 2.68 bits per heavy atom. The van der Waals surface area contributed by atoms with Crippen molar-refractivity contribution in [1.29, 1.82) is 0 Å². The molecule has 3 rings (SSSR count). The van der Waals surface area contributed by atoms with Crippen molar-refractivity contribution in [2.75, 3.05) is 5.32 Å². The highest BCUT2D eigenvalue weighted by molar-refractivity contribution is 5.60. The zero-order valence-electron chi connectivity index (χ0n) is 10.9. The molecular weight excluding hydrogens is 238 g/mol. The first kappa shape index (κ1) is 12.2. The van der Waals surface area contributed by atoms with Crippen LogP contribution in [0.4, 0.5) is 5.69 Å². The van der Waals surface area contributed by atoms with Crippen LogP contribution in [0, 0.1) is 0 Å². The molecule has 0 aliphatic heterocycles. The minimum Gasteiger partial charge on any atom is -0.381 e. The zero-order chi connectivity index (χ0) is 13.1. The third kappa shape index (κ3) is 2.76. The Morgan fingerprint density at radius 1 is 1.16 bits per heavy atom. The van der Waals surface area contributed by atoms with E-state index >= 15 is 0 Å². The smallest absolute Gasteiger partial charge is 0.0894 e. The summed E-state index contributed by atoms with van der Waals surface area (Å²) in [6, 6.07) is 9.07. The van der Waals surface area contributed by atoms with Crippen molar-refractivity contribution in [3.63, 3.8) is 0 Å². The molecule has 0 spiro atoms. The summed E-state index contributed by atoms with van der Waals surface area (Å²) in [7, 11) is 0. The van der Waals surface area contributed by atoms with E-state index in [0.29, 0.717) is 12.1 Å². The molecule has 1 aliphatic carbocycles. The van der Waals surface area contributed by atoms with E-state index in [9.17, 15) is 0 Å². The maximum absolute atomic E-state index is 5.95. The normalized spacial score (nSPS) is 23.2. The lowest BCUT2D eigenvalue weighted by Crippen LogP contribution is -2.33. The monoisotopic (exact) mass is 257 g/mol. The fraction of sp³-hybridized carbons (Fsp3) is 0.429. The van der Waals surface area contributed by atoms with E-state index in [2.05, 4.69) is 21.7 Å². The molecule has 1 aromatic carbocycles. The molecule has 0 radical (unpaired) electrons. The van der Waals surface area contributed by atoms with Crippen LogP contribution in [0.15, 0.2) is 36.7 Å². The molecule has 1 heterocycles. The maximum Gasteiger partial charge on any atom is 0.0894 e. The Hall–Kier alpha value is -1.88. The lowest BCUT2D eigenvalue weighted by molar-refractivity contribution is 0.411. The maximum atomic E-state index is 5.95. The van der Waals surface area contributed by atoms with Gasteiger partial charge in [0.05, 0.1) is 23.8 Å². The minimum atomic E-state index is 0.378. The van der Waals surface area contributed by atoms with Crippen LogP contribution >= 0.6 is 0 Å². The van der Waals surface area contributed by atoms with E-state index < -0.39 is 0 Å². The second-order valence-corrected chi connectivity index (χ2v) is 5.12. The molecule has 0 amide bonds. The summed E-state index contributed by atoms with van der Waals surface area (Å²) in [5.74, 6) is 0. The van der Waals surface area contributed by atoms with Gasteiger partial charge in [0.1, 0.15) is 0 Å². The molecule has 0 unspecified atom stereocenters. The zero-order valence-corrected chi connectivity index (χ0v) is 10.9. The quantitative estimate of drug-likeness (QED) is 0.881. The molecule has 1 aliphatic rings.